The monoisotopic (exact) mass is 192 g/mol. The number of carbonyl (C=O) groups is 1. The van der Waals surface area contributed by atoms with Crippen molar-refractivity contribution in [3.8, 4) is 6.07 Å². The fourth-order valence-corrected chi connectivity index (χ4v) is 1.86. The number of nitrogens with zero attached hydrogens (tertiary/aromatic N) is 1. The van der Waals surface area contributed by atoms with E-state index < -0.39 is 5.41 Å². The zero-order chi connectivity index (χ0) is 10.8. The van der Waals surface area contributed by atoms with Gasteiger partial charge >= 0.3 is 0 Å². The molecule has 0 unspecified atom stereocenters. The number of nitriles is 1. The summed E-state index contributed by atoms with van der Waals surface area (Å²) in [5.41, 5.74) is 0.147. The van der Waals surface area contributed by atoms with Gasteiger partial charge in [0.25, 0.3) is 0 Å². The highest BCUT2D eigenvalue weighted by Crippen LogP contribution is 2.44. The van der Waals surface area contributed by atoms with Crippen molar-refractivity contribution >= 4 is 5.91 Å². The lowest BCUT2D eigenvalue weighted by Gasteiger charge is -2.39. The lowest BCUT2D eigenvalue weighted by Crippen LogP contribution is -2.48. The quantitative estimate of drug-likeness (QED) is 0.691. The molecule has 0 aliphatic heterocycles. The molecule has 3 nitrogen and oxygen atoms in total. The first-order valence-electron chi connectivity index (χ1n) is 4.84. The van der Waals surface area contributed by atoms with Crippen molar-refractivity contribution in [2.75, 3.05) is 6.54 Å². The molecule has 14 heavy (non-hydrogen) atoms. The second-order valence-corrected chi connectivity index (χ2v) is 4.35. The van der Waals surface area contributed by atoms with Crippen molar-refractivity contribution in [2.24, 2.45) is 11.3 Å². The Balaban J connectivity index is 2.51. The highest BCUT2D eigenvalue weighted by Gasteiger charge is 2.48. The third-order valence-electron chi connectivity index (χ3n) is 2.59. The van der Waals surface area contributed by atoms with Gasteiger partial charge in [0.1, 0.15) is 5.41 Å². The van der Waals surface area contributed by atoms with Crippen LogP contribution in [0, 0.1) is 22.7 Å². The van der Waals surface area contributed by atoms with Crippen molar-refractivity contribution in [3.05, 3.63) is 12.2 Å². The number of amides is 1. The molecule has 1 N–H and O–H groups in total. The van der Waals surface area contributed by atoms with E-state index in [2.05, 4.69) is 24.9 Å². The van der Waals surface area contributed by atoms with Crippen LogP contribution in [0.1, 0.15) is 26.7 Å². The Morgan fingerprint density at radius 1 is 1.71 bits per heavy atom. The second kappa shape index (κ2) is 3.83. The second-order valence-electron chi connectivity index (χ2n) is 4.35. The van der Waals surface area contributed by atoms with E-state index in [1.165, 1.54) is 0 Å². The molecule has 0 saturated heterocycles. The smallest absolute Gasteiger partial charge is 0.240 e. The summed E-state index contributed by atoms with van der Waals surface area (Å²) in [7, 11) is 0. The number of carbonyl (C=O) groups excluding carboxylic acids is 1. The van der Waals surface area contributed by atoms with Crippen LogP contribution < -0.4 is 5.32 Å². The topological polar surface area (TPSA) is 52.9 Å². The van der Waals surface area contributed by atoms with Crippen molar-refractivity contribution < 1.29 is 4.79 Å². The molecule has 1 saturated carbocycles. The Kier molecular flexibility index (Phi) is 2.95. The molecule has 76 valence electrons. The zero-order valence-electron chi connectivity index (χ0n) is 8.76. The van der Waals surface area contributed by atoms with Gasteiger partial charge in [-0.1, -0.05) is 19.1 Å². The first kappa shape index (κ1) is 10.8. The summed E-state index contributed by atoms with van der Waals surface area (Å²) in [5.74, 6) is 0.353. The van der Waals surface area contributed by atoms with Crippen molar-refractivity contribution in [1.29, 1.82) is 5.26 Å². The van der Waals surface area contributed by atoms with Gasteiger partial charge in [-0.2, -0.15) is 5.26 Å². The van der Waals surface area contributed by atoms with Gasteiger partial charge in [-0.05, 0) is 25.7 Å². The molecule has 0 aromatic heterocycles. The summed E-state index contributed by atoms with van der Waals surface area (Å²) in [6.07, 6.45) is 1.37. The van der Waals surface area contributed by atoms with Crippen molar-refractivity contribution in [3.63, 3.8) is 0 Å². The molecule has 0 bridgehead atoms. The van der Waals surface area contributed by atoms with Crippen LogP contribution in [0.4, 0.5) is 0 Å². The first-order valence-corrected chi connectivity index (χ1v) is 4.84. The lowest BCUT2D eigenvalue weighted by molar-refractivity contribution is -0.133. The Hall–Kier alpha value is -1.30. The van der Waals surface area contributed by atoms with Gasteiger partial charge in [-0.15, -0.1) is 0 Å². The predicted molar refractivity (Wildman–Crippen MR) is 54.3 cm³/mol. The van der Waals surface area contributed by atoms with E-state index >= 15 is 0 Å². The zero-order valence-corrected chi connectivity index (χ0v) is 8.76. The van der Waals surface area contributed by atoms with Crippen LogP contribution in [0.15, 0.2) is 12.2 Å². The molecule has 0 aromatic carbocycles. The number of rotatable bonds is 3. The number of nitrogens with one attached hydrogen (secondary N) is 1. The molecule has 0 spiro atoms. The maximum Gasteiger partial charge on any atom is 0.240 e. The third kappa shape index (κ3) is 1.95. The van der Waals surface area contributed by atoms with Gasteiger partial charge in [0.2, 0.25) is 5.91 Å². The van der Waals surface area contributed by atoms with Crippen LogP contribution >= 0.6 is 0 Å². The van der Waals surface area contributed by atoms with Gasteiger partial charge in [-0.3, -0.25) is 4.79 Å². The Bertz CT molecular complexity index is 295. The fourth-order valence-electron chi connectivity index (χ4n) is 1.86. The minimum absolute atomic E-state index is 0.138. The van der Waals surface area contributed by atoms with E-state index in [-0.39, 0.29) is 5.91 Å². The minimum Gasteiger partial charge on any atom is -0.351 e. The molecular formula is C11H16N2O. The van der Waals surface area contributed by atoms with Gasteiger partial charge in [0, 0.05) is 6.54 Å². The van der Waals surface area contributed by atoms with Gasteiger partial charge in [0.15, 0.2) is 0 Å². The van der Waals surface area contributed by atoms with Crippen LogP contribution in [0.5, 0.6) is 0 Å². The molecule has 1 amide bonds. The Labute approximate surface area is 84.8 Å². The fraction of sp³-hybridized carbons (Fsp3) is 0.636. The maximum atomic E-state index is 11.7. The highest BCUT2D eigenvalue weighted by molar-refractivity contribution is 5.86. The molecule has 1 fully saturated rings. The third-order valence-corrected chi connectivity index (χ3v) is 2.59. The summed E-state index contributed by atoms with van der Waals surface area (Å²) in [6, 6.07) is 2.13. The Morgan fingerprint density at radius 2 is 2.29 bits per heavy atom. The highest BCUT2D eigenvalue weighted by atomic mass is 16.2. The molecular weight excluding hydrogens is 176 g/mol. The molecule has 1 rings (SSSR count). The first-order chi connectivity index (χ1) is 6.50. The van der Waals surface area contributed by atoms with E-state index in [0.29, 0.717) is 25.3 Å². The summed E-state index contributed by atoms with van der Waals surface area (Å²) in [4.78, 5) is 11.7. The van der Waals surface area contributed by atoms with Crippen LogP contribution in [-0.4, -0.2) is 12.5 Å². The predicted octanol–water partition coefficient (Wildman–Crippen LogP) is 1.62. The lowest BCUT2D eigenvalue weighted by atomic mass is 9.63. The van der Waals surface area contributed by atoms with Crippen LogP contribution in [-0.2, 0) is 4.79 Å². The summed E-state index contributed by atoms with van der Waals surface area (Å²) < 4.78 is 0. The SMILES string of the molecule is C=C(C)CNC(=O)C1(C#N)CC(C)C1. The molecule has 3 heteroatoms. The van der Waals surface area contributed by atoms with Crippen LogP contribution in [0.2, 0.25) is 0 Å². The van der Waals surface area contributed by atoms with E-state index in [0.717, 1.165) is 5.57 Å². The molecule has 0 atom stereocenters. The standard InChI is InChI=1S/C11H16N2O/c1-8(2)6-13-10(14)11(7-12)4-9(3)5-11/h9H,1,4-6H2,2-3H3,(H,13,14). The molecule has 0 radical (unpaired) electrons. The van der Waals surface area contributed by atoms with Crippen molar-refractivity contribution in [1.82, 2.24) is 5.32 Å². The summed E-state index contributed by atoms with van der Waals surface area (Å²) >= 11 is 0. The molecule has 1 aliphatic carbocycles. The van der Waals surface area contributed by atoms with Crippen LogP contribution in [0.25, 0.3) is 0 Å². The average Bonchev–Trinajstić information content (AvgIpc) is 2.08. The minimum atomic E-state index is -0.755. The molecule has 0 heterocycles. The van der Waals surface area contributed by atoms with Gasteiger partial charge < -0.3 is 5.32 Å². The summed E-state index contributed by atoms with van der Waals surface area (Å²) in [6.45, 7) is 8.07. The number of hydrogen-bond acceptors (Lipinski definition) is 2. The molecule has 1 aliphatic rings. The summed E-state index contributed by atoms with van der Waals surface area (Å²) in [5, 5.41) is 11.7. The van der Waals surface area contributed by atoms with E-state index in [1.807, 2.05) is 6.92 Å². The van der Waals surface area contributed by atoms with E-state index in [9.17, 15) is 4.79 Å². The maximum absolute atomic E-state index is 11.7. The van der Waals surface area contributed by atoms with E-state index in [1.54, 1.807) is 0 Å². The largest absolute Gasteiger partial charge is 0.351 e. The van der Waals surface area contributed by atoms with E-state index in [4.69, 9.17) is 5.26 Å². The Morgan fingerprint density at radius 3 is 2.64 bits per heavy atom. The average molecular weight is 192 g/mol. The van der Waals surface area contributed by atoms with Gasteiger partial charge in [-0.25, -0.2) is 0 Å². The van der Waals surface area contributed by atoms with Crippen molar-refractivity contribution in [2.45, 2.75) is 26.7 Å². The van der Waals surface area contributed by atoms with Crippen LogP contribution in [0.3, 0.4) is 0 Å². The number of hydrogen-bond donors (Lipinski definition) is 1. The van der Waals surface area contributed by atoms with Gasteiger partial charge in [0.05, 0.1) is 6.07 Å². The molecule has 0 aromatic rings. The normalized spacial score (nSPS) is 29.9.